The summed E-state index contributed by atoms with van der Waals surface area (Å²) < 4.78 is 12.2. The molecule has 0 saturated heterocycles. The number of benzene rings is 1. The highest BCUT2D eigenvalue weighted by atomic mass is 16.6. The van der Waals surface area contributed by atoms with Gasteiger partial charge in [0.05, 0.1) is 5.69 Å². The lowest BCUT2D eigenvalue weighted by Crippen LogP contribution is -2.25. The predicted octanol–water partition coefficient (Wildman–Crippen LogP) is 1.18. The second kappa shape index (κ2) is 6.67. The fraction of sp³-hybridized carbons (Fsp3) is 0.278. The van der Waals surface area contributed by atoms with E-state index in [1.807, 2.05) is 13.0 Å². The van der Waals surface area contributed by atoms with Gasteiger partial charge >= 0.3 is 0 Å². The van der Waals surface area contributed by atoms with E-state index < -0.39 is 5.56 Å². The molecule has 9 heteroatoms. The lowest BCUT2D eigenvalue weighted by Gasteiger charge is -2.18. The summed E-state index contributed by atoms with van der Waals surface area (Å²) in [4.78, 5) is 28.0. The van der Waals surface area contributed by atoms with Crippen molar-refractivity contribution in [1.29, 1.82) is 0 Å². The van der Waals surface area contributed by atoms with E-state index in [1.165, 1.54) is 6.07 Å². The average molecular weight is 369 g/mol. The number of nitrogens with one attached hydrogen (secondary N) is 2. The van der Waals surface area contributed by atoms with E-state index in [0.29, 0.717) is 37.0 Å². The van der Waals surface area contributed by atoms with Gasteiger partial charge in [-0.15, -0.1) is 5.10 Å². The molecule has 1 aliphatic rings. The Morgan fingerprint density at radius 3 is 2.85 bits per heavy atom. The number of nitrogen functional groups attached to an aromatic ring is 1. The number of H-pyrrole nitrogens is 1. The van der Waals surface area contributed by atoms with Gasteiger partial charge in [-0.1, -0.05) is 6.92 Å². The molecule has 2 aromatic heterocycles. The second-order valence-electron chi connectivity index (χ2n) is 6.16. The van der Waals surface area contributed by atoms with Gasteiger partial charge in [0.25, 0.3) is 11.5 Å². The average Bonchev–Trinajstić information content (AvgIpc) is 3.02. The molecule has 0 fully saturated rings. The zero-order valence-electron chi connectivity index (χ0n) is 14.7. The van der Waals surface area contributed by atoms with E-state index in [0.717, 1.165) is 16.5 Å². The van der Waals surface area contributed by atoms with Crippen molar-refractivity contribution in [3.05, 3.63) is 40.2 Å². The molecule has 1 aromatic carbocycles. The van der Waals surface area contributed by atoms with Crippen LogP contribution in [-0.4, -0.2) is 40.3 Å². The maximum Gasteiger partial charge on any atom is 0.274 e. The van der Waals surface area contributed by atoms with E-state index in [2.05, 4.69) is 15.4 Å². The van der Waals surface area contributed by atoms with Gasteiger partial charge in [0.15, 0.2) is 23.0 Å². The van der Waals surface area contributed by atoms with Gasteiger partial charge in [-0.3, -0.25) is 9.59 Å². The van der Waals surface area contributed by atoms with Crippen LogP contribution in [-0.2, 0) is 0 Å². The highest BCUT2D eigenvalue weighted by Gasteiger charge is 2.21. The minimum Gasteiger partial charge on any atom is -0.486 e. The molecule has 0 saturated carbocycles. The molecule has 1 amide bonds. The van der Waals surface area contributed by atoms with Crippen LogP contribution in [0.1, 0.15) is 23.7 Å². The van der Waals surface area contributed by atoms with E-state index in [4.69, 9.17) is 15.2 Å². The first kappa shape index (κ1) is 17.0. The molecule has 9 nitrogen and oxygen atoms in total. The number of carbonyl (C=O) groups excluding carboxylic acids is 1. The summed E-state index contributed by atoms with van der Waals surface area (Å²) in [5, 5.41) is 6.75. The zero-order valence-corrected chi connectivity index (χ0v) is 14.7. The topological polar surface area (TPSA) is 124 Å². The monoisotopic (exact) mass is 369 g/mol. The second-order valence-corrected chi connectivity index (χ2v) is 6.16. The first-order valence-electron chi connectivity index (χ1n) is 8.68. The van der Waals surface area contributed by atoms with Crippen LogP contribution < -0.4 is 26.1 Å². The van der Waals surface area contributed by atoms with Gasteiger partial charge in [-0.05, 0) is 24.6 Å². The zero-order chi connectivity index (χ0) is 19.0. The maximum absolute atomic E-state index is 12.5. The molecule has 0 bridgehead atoms. The number of aromatic amines is 1. The van der Waals surface area contributed by atoms with E-state index >= 15 is 0 Å². The van der Waals surface area contributed by atoms with Crippen LogP contribution in [0, 0.1) is 0 Å². The standard InChI is InChI=1S/C18H19N5O4/c1-2-5-20-18(25)15-16(19)22-23-14(24)9-11(21-17(15)23)10-3-4-12-13(8-10)27-7-6-26-12/h3-4,8-9,21H,2,5-7H2,1H3,(H2,19,22)(H,20,25). The van der Waals surface area contributed by atoms with Gasteiger partial charge in [0, 0.05) is 18.2 Å². The van der Waals surface area contributed by atoms with Gasteiger partial charge < -0.3 is 25.5 Å². The number of nitrogens with zero attached hydrogens (tertiary/aromatic N) is 2. The molecule has 27 heavy (non-hydrogen) atoms. The number of nitrogens with two attached hydrogens (primary N) is 1. The molecule has 140 valence electrons. The van der Waals surface area contributed by atoms with Crippen LogP contribution in [0.3, 0.4) is 0 Å². The molecule has 4 rings (SSSR count). The van der Waals surface area contributed by atoms with Crippen molar-refractivity contribution in [3.8, 4) is 22.8 Å². The number of ether oxygens (including phenoxy) is 2. The number of aromatic nitrogens is 3. The van der Waals surface area contributed by atoms with Gasteiger partial charge in [0.2, 0.25) is 0 Å². The van der Waals surface area contributed by atoms with Gasteiger partial charge in [-0.2, -0.15) is 4.52 Å². The number of hydrogen-bond acceptors (Lipinski definition) is 6. The normalized spacial score (nSPS) is 12.9. The molecule has 0 radical (unpaired) electrons. The van der Waals surface area contributed by atoms with Crippen molar-refractivity contribution in [1.82, 2.24) is 19.9 Å². The summed E-state index contributed by atoms with van der Waals surface area (Å²) in [5.41, 5.74) is 7.14. The lowest BCUT2D eigenvalue weighted by atomic mass is 10.1. The number of amides is 1. The van der Waals surface area contributed by atoms with Crippen LogP contribution in [0.15, 0.2) is 29.1 Å². The Bertz CT molecular complexity index is 1090. The SMILES string of the molecule is CCCNC(=O)c1c(N)nn2c(=O)cc(-c3ccc4c(c3)OCCO4)[nH]c12. The first-order valence-corrected chi connectivity index (χ1v) is 8.68. The Morgan fingerprint density at radius 1 is 1.30 bits per heavy atom. The van der Waals surface area contributed by atoms with Crippen molar-refractivity contribution >= 4 is 17.4 Å². The van der Waals surface area contributed by atoms with Crippen molar-refractivity contribution in [2.45, 2.75) is 13.3 Å². The Hall–Kier alpha value is -3.49. The molecule has 4 N–H and O–H groups in total. The minimum atomic E-state index is -0.394. The fourth-order valence-electron chi connectivity index (χ4n) is 2.98. The molecular weight excluding hydrogens is 350 g/mol. The minimum absolute atomic E-state index is 0.00345. The highest BCUT2D eigenvalue weighted by Crippen LogP contribution is 2.34. The molecule has 3 heterocycles. The highest BCUT2D eigenvalue weighted by molar-refractivity contribution is 6.04. The Morgan fingerprint density at radius 2 is 2.07 bits per heavy atom. The third-order valence-electron chi connectivity index (χ3n) is 4.26. The van der Waals surface area contributed by atoms with Crippen molar-refractivity contribution < 1.29 is 14.3 Å². The van der Waals surface area contributed by atoms with E-state index in [9.17, 15) is 9.59 Å². The van der Waals surface area contributed by atoms with Crippen molar-refractivity contribution in [3.63, 3.8) is 0 Å². The molecule has 0 spiro atoms. The fourth-order valence-corrected chi connectivity index (χ4v) is 2.98. The maximum atomic E-state index is 12.5. The Labute approximate surface area is 154 Å². The smallest absolute Gasteiger partial charge is 0.274 e. The Kier molecular flexibility index (Phi) is 4.19. The van der Waals surface area contributed by atoms with Gasteiger partial charge in [-0.25, -0.2) is 0 Å². The summed E-state index contributed by atoms with van der Waals surface area (Å²) in [6, 6.07) is 6.78. The summed E-state index contributed by atoms with van der Waals surface area (Å²) >= 11 is 0. The predicted molar refractivity (Wildman–Crippen MR) is 99.3 cm³/mol. The third-order valence-corrected chi connectivity index (χ3v) is 4.26. The summed E-state index contributed by atoms with van der Waals surface area (Å²) in [5.74, 6) is 0.880. The van der Waals surface area contributed by atoms with Crippen molar-refractivity contribution in [2.75, 3.05) is 25.5 Å². The quantitative estimate of drug-likeness (QED) is 0.634. The molecule has 0 atom stereocenters. The molecule has 1 aliphatic heterocycles. The number of rotatable bonds is 4. The largest absolute Gasteiger partial charge is 0.486 e. The number of anilines is 1. The first-order chi connectivity index (χ1) is 13.1. The van der Waals surface area contributed by atoms with Crippen LogP contribution >= 0.6 is 0 Å². The summed E-state index contributed by atoms with van der Waals surface area (Å²) in [6.45, 7) is 3.41. The van der Waals surface area contributed by atoms with Crippen LogP contribution in [0.4, 0.5) is 5.82 Å². The molecular formula is C18H19N5O4. The number of hydrogen-bond donors (Lipinski definition) is 3. The number of carbonyl (C=O) groups is 1. The van der Waals surface area contributed by atoms with Crippen LogP contribution in [0.2, 0.25) is 0 Å². The Balaban J connectivity index is 1.83. The van der Waals surface area contributed by atoms with Crippen LogP contribution in [0.25, 0.3) is 16.9 Å². The van der Waals surface area contributed by atoms with E-state index in [1.54, 1.807) is 12.1 Å². The summed E-state index contributed by atoms with van der Waals surface area (Å²) in [6.07, 6.45) is 0.782. The molecule has 0 unspecified atom stereocenters. The number of fused-ring (bicyclic) bond motifs is 2. The van der Waals surface area contributed by atoms with E-state index in [-0.39, 0.29) is 22.9 Å². The molecule has 3 aromatic rings. The van der Waals surface area contributed by atoms with Crippen LogP contribution in [0.5, 0.6) is 11.5 Å². The lowest BCUT2D eigenvalue weighted by molar-refractivity contribution is 0.0956. The van der Waals surface area contributed by atoms with Gasteiger partial charge in [0.1, 0.15) is 18.8 Å². The van der Waals surface area contributed by atoms with Crippen molar-refractivity contribution in [2.24, 2.45) is 0 Å². The molecule has 0 aliphatic carbocycles. The summed E-state index contributed by atoms with van der Waals surface area (Å²) in [7, 11) is 0. The third kappa shape index (κ3) is 2.97.